The summed E-state index contributed by atoms with van der Waals surface area (Å²) in [5.74, 6) is 0.907. The van der Waals surface area contributed by atoms with Gasteiger partial charge in [-0.3, -0.25) is 9.48 Å². The third-order valence-electron chi connectivity index (χ3n) is 6.35. The van der Waals surface area contributed by atoms with E-state index in [1.165, 1.54) is 4.80 Å². The number of nitrogens with one attached hydrogen (secondary N) is 1. The Morgan fingerprint density at radius 3 is 2.76 bits per heavy atom. The monoisotopic (exact) mass is 497 g/mol. The standard InChI is InChI=1S/C26H27N9O2/c1-16-4-7-20(35-31-24(30-32-35)17-5-6-17)11-22(16)29-25(36)21-13-28-34-9-8-18(10-23(21)34)19-12-27-33(14-19)15-26(2,3)37/h4,7-14,17,37H,5-6,15H2,1-3H3,(H,29,36). The Bertz CT molecular complexity index is 1620. The van der Waals surface area contributed by atoms with Gasteiger partial charge in [0.2, 0.25) is 0 Å². The van der Waals surface area contributed by atoms with Crippen molar-refractivity contribution in [2.24, 2.45) is 0 Å². The molecule has 4 heterocycles. The van der Waals surface area contributed by atoms with Gasteiger partial charge in [-0.25, -0.2) is 4.52 Å². The van der Waals surface area contributed by atoms with Gasteiger partial charge in [0, 0.05) is 29.6 Å². The molecule has 1 amide bonds. The molecule has 0 radical (unpaired) electrons. The highest BCUT2D eigenvalue weighted by molar-refractivity contribution is 6.09. The summed E-state index contributed by atoms with van der Waals surface area (Å²) in [6.45, 7) is 5.79. The van der Waals surface area contributed by atoms with Crippen LogP contribution in [0, 0.1) is 6.92 Å². The molecule has 0 atom stereocenters. The molecule has 0 aliphatic heterocycles. The predicted molar refractivity (Wildman–Crippen MR) is 137 cm³/mol. The van der Waals surface area contributed by atoms with Gasteiger partial charge < -0.3 is 10.4 Å². The van der Waals surface area contributed by atoms with E-state index in [0.29, 0.717) is 29.2 Å². The van der Waals surface area contributed by atoms with Gasteiger partial charge in [-0.15, -0.1) is 15.0 Å². The molecular weight excluding hydrogens is 470 g/mol. The number of tetrazole rings is 1. The topological polar surface area (TPSA) is 128 Å². The van der Waals surface area contributed by atoms with Crippen molar-refractivity contribution in [3.8, 4) is 16.8 Å². The van der Waals surface area contributed by atoms with Gasteiger partial charge in [0.1, 0.15) is 0 Å². The first kappa shape index (κ1) is 23.0. The second-order valence-corrected chi connectivity index (χ2v) is 10.2. The zero-order valence-corrected chi connectivity index (χ0v) is 20.8. The van der Waals surface area contributed by atoms with Gasteiger partial charge in [-0.2, -0.15) is 10.2 Å². The maximum atomic E-state index is 13.3. The lowest BCUT2D eigenvalue weighted by Crippen LogP contribution is -2.26. The van der Waals surface area contributed by atoms with E-state index in [2.05, 4.69) is 30.9 Å². The molecule has 2 N–H and O–H groups in total. The van der Waals surface area contributed by atoms with E-state index in [1.54, 1.807) is 35.4 Å². The van der Waals surface area contributed by atoms with Crippen LogP contribution in [0.2, 0.25) is 0 Å². The van der Waals surface area contributed by atoms with E-state index in [1.807, 2.05) is 49.6 Å². The molecule has 0 spiro atoms. The molecule has 6 rings (SSSR count). The minimum atomic E-state index is -0.872. The van der Waals surface area contributed by atoms with Crippen LogP contribution in [0.5, 0.6) is 0 Å². The molecule has 1 fully saturated rings. The zero-order chi connectivity index (χ0) is 25.7. The molecule has 1 aliphatic rings. The normalized spacial score (nSPS) is 13.8. The quantitative estimate of drug-likeness (QED) is 0.353. The van der Waals surface area contributed by atoms with Crippen molar-refractivity contribution in [2.75, 3.05) is 5.32 Å². The van der Waals surface area contributed by atoms with E-state index < -0.39 is 5.60 Å². The minimum absolute atomic E-state index is 0.268. The third kappa shape index (κ3) is 4.73. The van der Waals surface area contributed by atoms with Crippen LogP contribution in [0.3, 0.4) is 0 Å². The number of fused-ring (bicyclic) bond motifs is 1. The molecular formula is C26H27N9O2. The van der Waals surface area contributed by atoms with Crippen LogP contribution in [-0.4, -0.2) is 56.2 Å². The van der Waals surface area contributed by atoms with Crippen LogP contribution in [0.1, 0.15) is 54.4 Å². The van der Waals surface area contributed by atoms with E-state index in [0.717, 1.165) is 41.0 Å². The number of carbonyl (C=O) groups excluding carboxylic acids is 1. The molecule has 11 heteroatoms. The highest BCUT2D eigenvalue weighted by atomic mass is 16.3. The molecule has 1 aromatic carbocycles. The Morgan fingerprint density at radius 1 is 1.14 bits per heavy atom. The van der Waals surface area contributed by atoms with Crippen LogP contribution < -0.4 is 5.32 Å². The average molecular weight is 498 g/mol. The number of aromatic nitrogens is 8. The largest absolute Gasteiger partial charge is 0.389 e. The lowest BCUT2D eigenvalue weighted by molar-refractivity contribution is 0.0577. The number of nitrogens with zero attached hydrogens (tertiary/aromatic N) is 8. The van der Waals surface area contributed by atoms with Crippen LogP contribution >= 0.6 is 0 Å². The maximum Gasteiger partial charge on any atom is 0.259 e. The first-order valence-corrected chi connectivity index (χ1v) is 12.2. The molecule has 1 aliphatic carbocycles. The van der Waals surface area contributed by atoms with Crippen molar-refractivity contribution in [1.29, 1.82) is 0 Å². The Labute approximate surface area is 212 Å². The molecule has 0 saturated heterocycles. The van der Waals surface area contributed by atoms with Gasteiger partial charge in [0.25, 0.3) is 5.91 Å². The Balaban J connectivity index is 1.26. The molecule has 188 valence electrons. The van der Waals surface area contributed by atoms with E-state index in [4.69, 9.17) is 0 Å². The van der Waals surface area contributed by atoms with Crippen LogP contribution in [-0.2, 0) is 6.54 Å². The maximum absolute atomic E-state index is 13.3. The molecule has 4 aromatic heterocycles. The second-order valence-electron chi connectivity index (χ2n) is 10.2. The summed E-state index contributed by atoms with van der Waals surface area (Å²) in [7, 11) is 0. The second kappa shape index (κ2) is 8.63. The molecule has 0 unspecified atom stereocenters. The molecule has 11 nitrogen and oxygen atoms in total. The zero-order valence-electron chi connectivity index (χ0n) is 20.8. The summed E-state index contributed by atoms with van der Waals surface area (Å²) >= 11 is 0. The summed E-state index contributed by atoms with van der Waals surface area (Å²) in [5.41, 5.74) is 4.33. The van der Waals surface area contributed by atoms with Gasteiger partial charge >= 0.3 is 0 Å². The smallest absolute Gasteiger partial charge is 0.259 e. The molecule has 1 saturated carbocycles. The number of anilines is 1. The fourth-order valence-corrected chi connectivity index (χ4v) is 4.23. The fourth-order valence-electron chi connectivity index (χ4n) is 4.23. The van der Waals surface area contributed by atoms with Gasteiger partial charge in [-0.05, 0) is 74.2 Å². The van der Waals surface area contributed by atoms with Crippen LogP contribution in [0.4, 0.5) is 5.69 Å². The lowest BCUT2D eigenvalue weighted by atomic mass is 10.1. The van der Waals surface area contributed by atoms with Crippen molar-refractivity contribution >= 4 is 17.1 Å². The Kier molecular flexibility index (Phi) is 5.37. The van der Waals surface area contributed by atoms with Crippen LogP contribution in [0.25, 0.3) is 22.3 Å². The van der Waals surface area contributed by atoms with Crippen molar-refractivity contribution in [3.63, 3.8) is 0 Å². The van der Waals surface area contributed by atoms with Crippen LogP contribution in [0.15, 0.2) is 55.1 Å². The summed E-state index contributed by atoms with van der Waals surface area (Å²) < 4.78 is 3.37. The van der Waals surface area contributed by atoms with E-state index >= 15 is 0 Å². The van der Waals surface area contributed by atoms with Gasteiger partial charge in [0.15, 0.2) is 5.82 Å². The first-order chi connectivity index (χ1) is 17.7. The number of hydrogen-bond acceptors (Lipinski definition) is 7. The average Bonchev–Trinajstić information content (AvgIpc) is 3.23. The third-order valence-corrected chi connectivity index (χ3v) is 6.35. The summed E-state index contributed by atoms with van der Waals surface area (Å²) in [6.07, 6.45) is 9.20. The highest BCUT2D eigenvalue weighted by Gasteiger charge is 2.28. The minimum Gasteiger partial charge on any atom is -0.389 e. The predicted octanol–water partition coefficient (Wildman–Crippen LogP) is 3.38. The number of amides is 1. The lowest BCUT2D eigenvalue weighted by Gasteiger charge is -2.16. The Morgan fingerprint density at radius 2 is 1.97 bits per heavy atom. The van der Waals surface area contributed by atoms with E-state index in [9.17, 15) is 9.90 Å². The fraction of sp³-hybridized carbons (Fsp3) is 0.308. The number of rotatable bonds is 7. The summed E-state index contributed by atoms with van der Waals surface area (Å²) in [6, 6.07) is 9.50. The number of benzene rings is 1. The number of aliphatic hydroxyl groups is 1. The van der Waals surface area contributed by atoms with Gasteiger partial charge in [-0.1, -0.05) is 6.07 Å². The molecule has 5 aromatic rings. The van der Waals surface area contributed by atoms with Crippen molar-refractivity contribution in [2.45, 2.75) is 51.7 Å². The van der Waals surface area contributed by atoms with Crippen molar-refractivity contribution < 1.29 is 9.90 Å². The summed E-state index contributed by atoms with van der Waals surface area (Å²) in [4.78, 5) is 14.8. The van der Waals surface area contributed by atoms with Crippen molar-refractivity contribution in [3.05, 3.63) is 72.1 Å². The van der Waals surface area contributed by atoms with Gasteiger partial charge in [0.05, 0.1) is 41.3 Å². The van der Waals surface area contributed by atoms with Crippen molar-refractivity contribution in [1.82, 2.24) is 39.6 Å². The number of carbonyl (C=O) groups is 1. The number of aryl methyl sites for hydroxylation is 1. The first-order valence-electron chi connectivity index (χ1n) is 12.2. The Hall–Kier alpha value is -4.38. The van der Waals surface area contributed by atoms with E-state index in [-0.39, 0.29) is 5.91 Å². The molecule has 37 heavy (non-hydrogen) atoms. The highest BCUT2D eigenvalue weighted by Crippen LogP contribution is 2.37. The SMILES string of the molecule is Cc1ccc(-n2nnc(C3CC3)n2)cc1NC(=O)c1cnn2ccc(-c3cnn(CC(C)(C)O)c3)cc12. The summed E-state index contributed by atoms with van der Waals surface area (Å²) in [5, 5.41) is 34.6. The number of pyridine rings is 1. The number of hydrogen-bond donors (Lipinski definition) is 2. The molecule has 0 bridgehead atoms.